The van der Waals surface area contributed by atoms with Gasteiger partial charge in [0.15, 0.2) is 0 Å². The van der Waals surface area contributed by atoms with Crippen molar-refractivity contribution in [1.82, 2.24) is 0 Å². The predicted octanol–water partition coefficient (Wildman–Crippen LogP) is 2.80. The van der Waals surface area contributed by atoms with Gasteiger partial charge in [-0.15, -0.1) is 0 Å². The molecule has 5 heteroatoms. The standard InChI is InChI=1S/C13H10F2N2O/c14-8-4-6-9(7-5-8)17-13(18)10-2-1-3-11(15)12(10)16/h1-7H,16H2,(H,17,18). The average Bonchev–Trinajstić information content (AvgIpc) is 2.35. The minimum Gasteiger partial charge on any atom is -0.396 e. The first-order valence-corrected chi connectivity index (χ1v) is 5.19. The molecule has 2 aromatic rings. The molecule has 0 aromatic heterocycles. The molecule has 0 saturated carbocycles. The Morgan fingerprint density at radius 2 is 1.72 bits per heavy atom. The Morgan fingerprint density at radius 3 is 2.39 bits per heavy atom. The number of nitrogen functional groups attached to an aromatic ring is 1. The first-order valence-electron chi connectivity index (χ1n) is 5.19. The largest absolute Gasteiger partial charge is 0.396 e. The van der Waals surface area contributed by atoms with Crippen molar-refractivity contribution >= 4 is 17.3 Å². The fraction of sp³-hybridized carbons (Fsp3) is 0. The van der Waals surface area contributed by atoms with Gasteiger partial charge in [-0.2, -0.15) is 0 Å². The summed E-state index contributed by atoms with van der Waals surface area (Å²) in [5, 5.41) is 2.50. The molecule has 1 amide bonds. The molecule has 3 nitrogen and oxygen atoms in total. The van der Waals surface area contributed by atoms with E-state index in [0.29, 0.717) is 5.69 Å². The number of rotatable bonds is 2. The maximum absolute atomic E-state index is 13.2. The third kappa shape index (κ3) is 2.45. The number of nitrogens with one attached hydrogen (secondary N) is 1. The molecule has 3 N–H and O–H groups in total. The second kappa shape index (κ2) is 4.83. The van der Waals surface area contributed by atoms with E-state index in [-0.39, 0.29) is 11.3 Å². The summed E-state index contributed by atoms with van der Waals surface area (Å²) in [4.78, 5) is 11.8. The molecule has 0 aliphatic rings. The number of hydrogen-bond donors (Lipinski definition) is 2. The Hall–Kier alpha value is -2.43. The SMILES string of the molecule is Nc1c(F)cccc1C(=O)Nc1ccc(F)cc1. The van der Waals surface area contributed by atoms with E-state index in [4.69, 9.17) is 5.73 Å². The van der Waals surface area contributed by atoms with E-state index in [1.807, 2.05) is 0 Å². The molecule has 0 heterocycles. The van der Waals surface area contributed by atoms with Crippen molar-refractivity contribution in [3.8, 4) is 0 Å². The lowest BCUT2D eigenvalue weighted by Gasteiger charge is -2.07. The van der Waals surface area contributed by atoms with Crippen LogP contribution in [0.2, 0.25) is 0 Å². The van der Waals surface area contributed by atoms with Crippen LogP contribution in [0.5, 0.6) is 0 Å². The molecule has 0 fully saturated rings. The highest BCUT2D eigenvalue weighted by molar-refractivity contribution is 6.07. The molecule has 0 spiro atoms. The Balaban J connectivity index is 2.22. The normalized spacial score (nSPS) is 10.1. The Morgan fingerprint density at radius 1 is 1.06 bits per heavy atom. The second-order valence-electron chi connectivity index (χ2n) is 3.66. The topological polar surface area (TPSA) is 55.1 Å². The summed E-state index contributed by atoms with van der Waals surface area (Å²) >= 11 is 0. The number of para-hydroxylation sites is 1. The van der Waals surface area contributed by atoms with Gasteiger partial charge >= 0.3 is 0 Å². The van der Waals surface area contributed by atoms with Crippen molar-refractivity contribution in [2.24, 2.45) is 0 Å². The van der Waals surface area contributed by atoms with Gasteiger partial charge in [-0.25, -0.2) is 8.78 Å². The number of carbonyl (C=O) groups is 1. The van der Waals surface area contributed by atoms with Crippen LogP contribution in [-0.4, -0.2) is 5.91 Å². The number of halogens is 2. The van der Waals surface area contributed by atoms with E-state index < -0.39 is 17.5 Å². The number of benzene rings is 2. The predicted molar refractivity (Wildman–Crippen MR) is 65.2 cm³/mol. The lowest BCUT2D eigenvalue weighted by molar-refractivity contribution is 0.102. The summed E-state index contributed by atoms with van der Waals surface area (Å²) in [7, 11) is 0. The van der Waals surface area contributed by atoms with Crippen LogP contribution in [-0.2, 0) is 0 Å². The zero-order valence-electron chi connectivity index (χ0n) is 9.28. The maximum Gasteiger partial charge on any atom is 0.257 e. The van der Waals surface area contributed by atoms with Crippen LogP contribution in [0, 0.1) is 11.6 Å². The van der Waals surface area contributed by atoms with E-state index in [1.54, 1.807) is 0 Å². The highest BCUT2D eigenvalue weighted by atomic mass is 19.1. The summed E-state index contributed by atoms with van der Waals surface area (Å²) in [6.45, 7) is 0. The molecule has 0 saturated heterocycles. The van der Waals surface area contributed by atoms with E-state index >= 15 is 0 Å². The summed E-state index contributed by atoms with van der Waals surface area (Å²) in [5.41, 5.74) is 5.70. The van der Waals surface area contributed by atoms with Crippen molar-refractivity contribution < 1.29 is 13.6 Å². The van der Waals surface area contributed by atoms with Crippen molar-refractivity contribution in [3.63, 3.8) is 0 Å². The average molecular weight is 248 g/mol. The summed E-state index contributed by atoms with van der Waals surface area (Å²) in [6, 6.07) is 9.22. The molecule has 92 valence electrons. The van der Waals surface area contributed by atoms with Gasteiger partial charge in [-0.1, -0.05) is 6.07 Å². The molecule has 0 aliphatic heterocycles. The molecule has 0 atom stereocenters. The third-order valence-corrected chi connectivity index (χ3v) is 2.40. The summed E-state index contributed by atoms with van der Waals surface area (Å²) in [5.74, 6) is -1.60. The van der Waals surface area contributed by atoms with Crippen LogP contribution in [0.1, 0.15) is 10.4 Å². The number of anilines is 2. The number of amides is 1. The lowest BCUT2D eigenvalue weighted by atomic mass is 10.1. The number of nitrogens with two attached hydrogens (primary N) is 1. The molecule has 0 aliphatic carbocycles. The Kier molecular flexibility index (Phi) is 3.23. The van der Waals surface area contributed by atoms with Crippen LogP contribution < -0.4 is 11.1 Å². The van der Waals surface area contributed by atoms with Crippen molar-refractivity contribution in [1.29, 1.82) is 0 Å². The molecule has 2 aromatic carbocycles. The van der Waals surface area contributed by atoms with Gasteiger partial charge in [-0.05, 0) is 36.4 Å². The van der Waals surface area contributed by atoms with Gasteiger partial charge in [-0.3, -0.25) is 4.79 Å². The van der Waals surface area contributed by atoms with Gasteiger partial charge in [0.05, 0.1) is 11.3 Å². The van der Waals surface area contributed by atoms with Crippen molar-refractivity contribution in [2.75, 3.05) is 11.1 Å². The van der Waals surface area contributed by atoms with Crippen LogP contribution in [0.15, 0.2) is 42.5 Å². The van der Waals surface area contributed by atoms with Gasteiger partial charge in [0, 0.05) is 5.69 Å². The fourth-order valence-corrected chi connectivity index (χ4v) is 1.47. The fourth-order valence-electron chi connectivity index (χ4n) is 1.47. The van der Waals surface area contributed by atoms with Gasteiger partial charge in [0.1, 0.15) is 11.6 Å². The van der Waals surface area contributed by atoms with Crippen LogP contribution >= 0.6 is 0 Å². The van der Waals surface area contributed by atoms with Gasteiger partial charge < -0.3 is 11.1 Å². The molecule has 18 heavy (non-hydrogen) atoms. The monoisotopic (exact) mass is 248 g/mol. The third-order valence-electron chi connectivity index (χ3n) is 2.40. The molecular formula is C13H10F2N2O. The molecule has 2 rings (SSSR count). The maximum atomic E-state index is 13.2. The first kappa shape index (κ1) is 12.0. The van der Waals surface area contributed by atoms with Gasteiger partial charge in [0.2, 0.25) is 0 Å². The Bertz CT molecular complexity index is 582. The highest BCUT2D eigenvalue weighted by Crippen LogP contribution is 2.17. The van der Waals surface area contributed by atoms with Crippen LogP contribution in [0.25, 0.3) is 0 Å². The lowest BCUT2D eigenvalue weighted by Crippen LogP contribution is -2.14. The second-order valence-corrected chi connectivity index (χ2v) is 3.66. The summed E-state index contributed by atoms with van der Waals surface area (Å²) < 4.78 is 25.9. The first-order chi connectivity index (χ1) is 8.58. The smallest absolute Gasteiger partial charge is 0.257 e. The quantitative estimate of drug-likeness (QED) is 0.803. The van der Waals surface area contributed by atoms with Crippen molar-refractivity contribution in [3.05, 3.63) is 59.7 Å². The van der Waals surface area contributed by atoms with E-state index in [9.17, 15) is 13.6 Å². The Labute approximate surface area is 102 Å². The summed E-state index contributed by atoms with van der Waals surface area (Å²) in [6.07, 6.45) is 0. The van der Waals surface area contributed by atoms with Gasteiger partial charge in [0.25, 0.3) is 5.91 Å². The zero-order valence-corrected chi connectivity index (χ0v) is 9.28. The van der Waals surface area contributed by atoms with E-state index in [1.165, 1.54) is 42.5 Å². The number of hydrogen-bond acceptors (Lipinski definition) is 2. The minimum absolute atomic E-state index is 0.0410. The van der Waals surface area contributed by atoms with E-state index in [0.717, 1.165) is 0 Å². The molecule has 0 bridgehead atoms. The number of carbonyl (C=O) groups excluding carboxylic acids is 1. The van der Waals surface area contributed by atoms with E-state index in [2.05, 4.69) is 5.32 Å². The molecule has 0 radical (unpaired) electrons. The molecule has 0 unspecified atom stereocenters. The van der Waals surface area contributed by atoms with Crippen molar-refractivity contribution in [2.45, 2.75) is 0 Å². The van der Waals surface area contributed by atoms with Crippen LogP contribution in [0.3, 0.4) is 0 Å². The molecular weight excluding hydrogens is 238 g/mol. The minimum atomic E-state index is -0.651. The van der Waals surface area contributed by atoms with Crippen LogP contribution in [0.4, 0.5) is 20.2 Å². The zero-order chi connectivity index (χ0) is 13.1. The highest BCUT2D eigenvalue weighted by Gasteiger charge is 2.12.